The van der Waals surface area contributed by atoms with Crippen LogP contribution in [0.5, 0.6) is 5.75 Å². The molecule has 2 heterocycles. The van der Waals surface area contributed by atoms with Crippen LogP contribution in [0.4, 0.5) is 0 Å². The minimum absolute atomic E-state index is 0.291. The smallest absolute Gasteiger partial charge is 0.308 e. The molecule has 0 aliphatic carbocycles. The zero-order valence-corrected chi connectivity index (χ0v) is 18.9. The van der Waals surface area contributed by atoms with Gasteiger partial charge in [0, 0.05) is 16.8 Å². The minimum Gasteiger partial charge on any atom is -0.453 e. The molecule has 0 saturated heterocycles. The van der Waals surface area contributed by atoms with Gasteiger partial charge in [-0.1, -0.05) is 28.1 Å². The van der Waals surface area contributed by atoms with Gasteiger partial charge in [0.1, 0.15) is 11.3 Å². The Hall–Kier alpha value is -4.04. The van der Waals surface area contributed by atoms with Crippen molar-refractivity contribution in [1.82, 2.24) is 9.66 Å². The summed E-state index contributed by atoms with van der Waals surface area (Å²) in [5.41, 5.74) is 1.62. The number of rotatable bonds is 4. The molecule has 0 unspecified atom stereocenters. The van der Waals surface area contributed by atoms with Crippen LogP contribution in [0.1, 0.15) is 12.5 Å². The lowest BCUT2D eigenvalue weighted by Gasteiger charge is -2.07. The van der Waals surface area contributed by atoms with Crippen LogP contribution in [0.2, 0.25) is 0 Å². The molecule has 0 spiro atoms. The largest absolute Gasteiger partial charge is 0.453 e. The van der Waals surface area contributed by atoms with E-state index >= 15 is 0 Å². The Morgan fingerprint density at radius 1 is 1.09 bits per heavy atom. The second kappa shape index (κ2) is 8.48. The van der Waals surface area contributed by atoms with Gasteiger partial charge in [0.05, 0.1) is 17.1 Å². The Morgan fingerprint density at radius 2 is 1.88 bits per heavy atom. The van der Waals surface area contributed by atoms with Crippen LogP contribution in [0.15, 0.2) is 91.6 Å². The number of fused-ring (bicyclic) bond motifs is 2. The molecule has 0 bridgehead atoms. The Kier molecular flexibility index (Phi) is 5.35. The number of ether oxygens (including phenoxy) is 1. The van der Waals surface area contributed by atoms with Gasteiger partial charge in [0.25, 0.3) is 5.56 Å². The second-order valence-corrected chi connectivity index (χ2v) is 8.19. The highest BCUT2D eigenvalue weighted by Crippen LogP contribution is 2.29. The van der Waals surface area contributed by atoms with Crippen LogP contribution < -0.4 is 10.3 Å². The highest BCUT2D eigenvalue weighted by atomic mass is 79.9. The first-order chi connectivity index (χ1) is 16.0. The van der Waals surface area contributed by atoms with Crippen LogP contribution in [-0.2, 0) is 4.79 Å². The van der Waals surface area contributed by atoms with Gasteiger partial charge in [0.2, 0.25) is 5.82 Å². The van der Waals surface area contributed by atoms with E-state index < -0.39 is 5.97 Å². The SMILES string of the molecule is CC(=O)Oc1ccc(C=Nn2c(-c3cc4cc(Br)ccc4o3)nc3ccccc3c2=O)cc1. The summed E-state index contributed by atoms with van der Waals surface area (Å²) in [6.07, 6.45) is 1.54. The number of carbonyl (C=O) groups is 1. The normalized spacial score (nSPS) is 11.5. The Morgan fingerprint density at radius 3 is 2.67 bits per heavy atom. The fourth-order valence-electron chi connectivity index (χ4n) is 3.43. The molecule has 0 radical (unpaired) electrons. The van der Waals surface area contributed by atoms with E-state index in [9.17, 15) is 9.59 Å². The maximum absolute atomic E-state index is 13.3. The van der Waals surface area contributed by atoms with E-state index in [2.05, 4.69) is 26.0 Å². The van der Waals surface area contributed by atoms with Crippen molar-refractivity contribution < 1.29 is 13.9 Å². The number of aromatic nitrogens is 2. The molecule has 0 fully saturated rings. The number of furan rings is 1. The number of benzene rings is 3. The van der Waals surface area contributed by atoms with Crippen molar-refractivity contribution in [2.24, 2.45) is 5.10 Å². The van der Waals surface area contributed by atoms with E-state index in [1.807, 2.05) is 30.3 Å². The van der Waals surface area contributed by atoms with Crippen LogP contribution >= 0.6 is 15.9 Å². The molecule has 162 valence electrons. The summed E-state index contributed by atoms with van der Waals surface area (Å²) in [7, 11) is 0. The molecule has 5 aromatic rings. The molecule has 2 aromatic heterocycles. The molecule has 0 N–H and O–H groups in total. The van der Waals surface area contributed by atoms with Crippen molar-refractivity contribution in [3.05, 3.63) is 93.2 Å². The number of esters is 1. The first-order valence-corrected chi connectivity index (χ1v) is 10.8. The number of para-hydroxylation sites is 1. The minimum atomic E-state index is -0.396. The summed E-state index contributed by atoms with van der Waals surface area (Å²) in [6, 6.07) is 21.4. The molecule has 0 aliphatic heterocycles. The van der Waals surface area contributed by atoms with E-state index in [-0.39, 0.29) is 5.56 Å². The van der Waals surface area contributed by atoms with E-state index in [4.69, 9.17) is 9.15 Å². The van der Waals surface area contributed by atoms with Crippen molar-refractivity contribution in [3.63, 3.8) is 0 Å². The Bertz CT molecular complexity index is 1600. The van der Waals surface area contributed by atoms with E-state index in [1.165, 1.54) is 17.8 Å². The molecule has 3 aromatic carbocycles. The third-order valence-corrected chi connectivity index (χ3v) is 5.41. The molecule has 0 amide bonds. The predicted molar refractivity (Wildman–Crippen MR) is 130 cm³/mol. The molecule has 8 heteroatoms. The van der Waals surface area contributed by atoms with Gasteiger partial charge in [-0.3, -0.25) is 9.59 Å². The third-order valence-electron chi connectivity index (χ3n) is 4.92. The second-order valence-electron chi connectivity index (χ2n) is 7.27. The number of hydrogen-bond donors (Lipinski definition) is 0. The topological polar surface area (TPSA) is 86.7 Å². The van der Waals surface area contributed by atoms with Crippen LogP contribution in [-0.4, -0.2) is 21.8 Å². The van der Waals surface area contributed by atoms with Crippen molar-refractivity contribution in [1.29, 1.82) is 0 Å². The molecule has 0 atom stereocenters. The van der Waals surface area contributed by atoms with Crippen LogP contribution in [0.3, 0.4) is 0 Å². The number of halogens is 1. The number of hydrogen-bond acceptors (Lipinski definition) is 6. The first kappa shape index (κ1) is 20.8. The number of carbonyl (C=O) groups excluding carboxylic acids is 1. The van der Waals surface area contributed by atoms with E-state index in [0.29, 0.717) is 39.4 Å². The van der Waals surface area contributed by atoms with Gasteiger partial charge in [-0.2, -0.15) is 9.78 Å². The van der Waals surface area contributed by atoms with Crippen molar-refractivity contribution in [2.75, 3.05) is 0 Å². The molecule has 33 heavy (non-hydrogen) atoms. The zero-order valence-electron chi connectivity index (χ0n) is 17.4. The monoisotopic (exact) mass is 501 g/mol. The van der Waals surface area contributed by atoms with Gasteiger partial charge in [0.15, 0.2) is 5.76 Å². The maximum atomic E-state index is 13.3. The molecule has 0 aliphatic rings. The molecular weight excluding hydrogens is 486 g/mol. The quantitative estimate of drug-likeness (QED) is 0.187. The lowest BCUT2D eigenvalue weighted by Crippen LogP contribution is -2.20. The van der Waals surface area contributed by atoms with Crippen LogP contribution in [0.25, 0.3) is 33.5 Å². The standard InChI is InChI=1S/C25H16BrN3O4/c1-15(30)32-19-9-6-16(7-10-19)14-27-29-24(28-21-5-3-2-4-20(21)25(29)31)23-13-17-12-18(26)8-11-22(17)33-23/h2-14H,1H3. The summed E-state index contributed by atoms with van der Waals surface area (Å²) in [5.74, 6) is 0.748. The summed E-state index contributed by atoms with van der Waals surface area (Å²) < 4.78 is 13.2. The Labute approximate surface area is 196 Å². The van der Waals surface area contributed by atoms with Gasteiger partial charge in [-0.05, 0) is 66.2 Å². The zero-order chi connectivity index (χ0) is 22.9. The van der Waals surface area contributed by atoms with E-state index in [1.54, 1.807) is 42.5 Å². The van der Waals surface area contributed by atoms with Crippen molar-refractivity contribution >= 4 is 50.0 Å². The molecular formula is C25H16BrN3O4. The summed E-state index contributed by atoms with van der Waals surface area (Å²) >= 11 is 3.46. The molecule has 0 saturated carbocycles. The first-order valence-electron chi connectivity index (χ1n) is 10.0. The highest BCUT2D eigenvalue weighted by Gasteiger charge is 2.16. The molecule has 7 nitrogen and oxygen atoms in total. The molecule has 5 rings (SSSR count). The predicted octanol–water partition coefficient (Wildman–Crippen LogP) is 5.38. The van der Waals surface area contributed by atoms with Crippen molar-refractivity contribution in [2.45, 2.75) is 6.92 Å². The summed E-state index contributed by atoms with van der Waals surface area (Å²) in [4.78, 5) is 29.1. The lowest BCUT2D eigenvalue weighted by atomic mass is 10.2. The lowest BCUT2D eigenvalue weighted by molar-refractivity contribution is -0.131. The van der Waals surface area contributed by atoms with Gasteiger partial charge < -0.3 is 9.15 Å². The van der Waals surface area contributed by atoms with Gasteiger partial charge >= 0.3 is 5.97 Å². The van der Waals surface area contributed by atoms with Crippen LogP contribution in [0, 0.1) is 0 Å². The van der Waals surface area contributed by atoms with E-state index in [0.717, 1.165) is 9.86 Å². The summed E-state index contributed by atoms with van der Waals surface area (Å²) in [5, 5.41) is 5.74. The van der Waals surface area contributed by atoms with Crippen molar-refractivity contribution in [3.8, 4) is 17.3 Å². The van der Waals surface area contributed by atoms with Gasteiger partial charge in [-0.25, -0.2) is 4.98 Å². The average molecular weight is 502 g/mol. The average Bonchev–Trinajstić information content (AvgIpc) is 3.22. The highest BCUT2D eigenvalue weighted by molar-refractivity contribution is 9.10. The third kappa shape index (κ3) is 4.20. The number of nitrogens with zero attached hydrogens (tertiary/aromatic N) is 3. The fraction of sp³-hybridized carbons (Fsp3) is 0.0400. The fourth-order valence-corrected chi connectivity index (χ4v) is 3.81. The Balaban J connectivity index is 1.63. The maximum Gasteiger partial charge on any atom is 0.308 e. The van der Waals surface area contributed by atoms with Gasteiger partial charge in [-0.15, -0.1) is 0 Å². The summed E-state index contributed by atoms with van der Waals surface area (Å²) in [6.45, 7) is 1.34.